The number of rotatable bonds is 3. The topological polar surface area (TPSA) is 12.2 Å². The van der Waals surface area contributed by atoms with Crippen molar-refractivity contribution in [2.24, 2.45) is 5.92 Å². The molecule has 1 atom stereocenters. The molecule has 1 aliphatic heterocycles. The minimum atomic E-state index is -0.0421. The Morgan fingerprint density at radius 3 is 2.38 bits per heavy atom. The van der Waals surface area contributed by atoms with Gasteiger partial charge in [0.25, 0.3) is 0 Å². The molecule has 3 aliphatic rings. The van der Waals surface area contributed by atoms with E-state index in [9.17, 15) is 0 Å². The first-order valence-corrected chi connectivity index (χ1v) is 11.2. The Hall–Kier alpha value is -2.35. The minimum Gasteiger partial charge on any atom is -0.497 e. The van der Waals surface area contributed by atoms with E-state index in [4.69, 9.17) is 4.74 Å². The van der Waals surface area contributed by atoms with Crippen LogP contribution >= 0.6 is 0 Å². The van der Waals surface area contributed by atoms with Gasteiger partial charge in [-0.25, -0.2) is 0 Å². The Kier molecular flexibility index (Phi) is 4.42. The van der Waals surface area contributed by atoms with Gasteiger partial charge in [0.1, 0.15) is 11.2 Å². The molecule has 0 aromatic heterocycles. The summed E-state index contributed by atoms with van der Waals surface area (Å²) in [6, 6.07) is 17.8. The van der Waals surface area contributed by atoms with Crippen LogP contribution in [0.4, 0.5) is 5.69 Å². The van der Waals surface area contributed by atoms with E-state index in [1.807, 2.05) is 0 Å². The molecule has 1 saturated carbocycles. The van der Waals surface area contributed by atoms with Crippen molar-refractivity contribution in [2.75, 3.05) is 7.11 Å². The first kappa shape index (κ1) is 18.7. The number of ether oxygens (including phenoxy) is 1. The van der Waals surface area contributed by atoms with Crippen molar-refractivity contribution >= 4 is 11.9 Å². The van der Waals surface area contributed by atoms with Crippen LogP contribution in [0.1, 0.15) is 57.1 Å². The third-order valence-electron chi connectivity index (χ3n) is 7.63. The van der Waals surface area contributed by atoms with Gasteiger partial charge in [0, 0.05) is 31.6 Å². The Labute approximate surface area is 174 Å². The molecule has 0 amide bonds. The van der Waals surface area contributed by atoms with Crippen LogP contribution in [0.25, 0.3) is 0 Å². The van der Waals surface area contributed by atoms with Gasteiger partial charge in [0.15, 0.2) is 11.8 Å². The van der Waals surface area contributed by atoms with Crippen LogP contribution in [0.2, 0.25) is 0 Å². The average Bonchev–Trinajstić information content (AvgIpc) is 3.03. The lowest BCUT2D eigenvalue weighted by Crippen LogP contribution is -2.44. The Bertz CT molecular complexity index is 976. The molecule has 0 N–H and O–H groups in total. The van der Waals surface area contributed by atoms with Gasteiger partial charge in [-0.05, 0) is 48.4 Å². The molecule has 0 unspecified atom stereocenters. The van der Waals surface area contributed by atoms with Gasteiger partial charge in [0.05, 0.1) is 7.11 Å². The SMILES string of the molecule is COc1ccc([N+]2=C[C@]3(C4CCCCC4)C(=CCc4ccccc43)C2(C)C)cc1. The monoisotopic (exact) mass is 386 g/mol. The molecule has 29 heavy (non-hydrogen) atoms. The zero-order valence-corrected chi connectivity index (χ0v) is 17.9. The van der Waals surface area contributed by atoms with E-state index < -0.39 is 0 Å². The normalized spacial score (nSPS) is 25.6. The molecule has 2 aliphatic carbocycles. The number of hydrogen-bond acceptors (Lipinski definition) is 1. The summed E-state index contributed by atoms with van der Waals surface area (Å²) in [6.07, 6.45) is 13.0. The predicted octanol–water partition coefficient (Wildman–Crippen LogP) is 6.20. The zero-order valence-electron chi connectivity index (χ0n) is 17.9. The molecule has 0 spiro atoms. The lowest BCUT2D eigenvalue weighted by Gasteiger charge is -2.42. The summed E-state index contributed by atoms with van der Waals surface area (Å²) >= 11 is 0. The van der Waals surface area contributed by atoms with E-state index >= 15 is 0 Å². The van der Waals surface area contributed by atoms with Gasteiger partial charge in [-0.2, -0.15) is 4.58 Å². The molecule has 2 heteroatoms. The van der Waals surface area contributed by atoms with Crippen LogP contribution in [0.3, 0.4) is 0 Å². The highest BCUT2D eigenvalue weighted by Crippen LogP contribution is 2.55. The van der Waals surface area contributed by atoms with E-state index in [0.29, 0.717) is 5.92 Å². The van der Waals surface area contributed by atoms with Crippen molar-refractivity contribution in [1.29, 1.82) is 0 Å². The molecular formula is C27H32NO+. The molecule has 2 nitrogen and oxygen atoms in total. The summed E-state index contributed by atoms with van der Waals surface area (Å²) in [5.41, 5.74) is 5.89. The maximum atomic E-state index is 5.40. The molecular weight excluding hydrogens is 354 g/mol. The molecule has 0 saturated heterocycles. The van der Waals surface area contributed by atoms with E-state index in [1.54, 1.807) is 18.2 Å². The van der Waals surface area contributed by atoms with Crippen LogP contribution in [0.5, 0.6) is 5.75 Å². The highest BCUT2D eigenvalue weighted by molar-refractivity contribution is 5.83. The van der Waals surface area contributed by atoms with E-state index in [2.05, 4.69) is 79.2 Å². The number of allylic oxidation sites excluding steroid dienone is 1. The van der Waals surface area contributed by atoms with Gasteiger partial charge in [-0.3, -0.25) is 0 Å². The Balaban J connectivity index is 1.73. The smallest absolute Gasteiger partial charge is 0.205 e. The van der Waals surface area contributed by atoms with Crippen LogP contribution < -0.4 is 4.74 Å². The van der Waals surface area contributed by atoms with Crippen molar-refractivity contribution in [2.45, 2.75) is 63.3 Å². The molecule has 2 aromatic carbocycles. The van der Waals surface area contributed by atoms with Crippen LogP contribution in [-0.4, -0.2) is 23.4 Å². The Morgan fingerprint density at radius 2 is 1.66 bits per heavy atom. The summed E-state index contributed by atoms with van der Waals surface area (Å²) in [5.74, 6) is 1.60. The van der Waals surface area contributed by atoms with Gasteiger partial charge >= 0.3 is 0 Å². The lowest BCUT2D eigenvalue weighted by molar-refractivity contribution is -0.501. The molecule has 1 heterocycles. The predicted molar refractivity (Wildman–Crippen MR) is 120 cm³/mol. The fraction of sp³-hybridized carbons (Fsp3) is 0.444. The summed E-state index contributed by atoms with van der Waals surface area (Å²) in [5, 5.41) is 0. The van der Waals surface area contributed by atoms with Crippen molar-refractivity contribution < 1.29 is 9.31 Å². The van der Waals surface area contributed by atoms with Gasteiger partial charge in [-0.15, -0.1) is 0 Å². The Morgan fingerprint density at radius 1 is 0.931 bits per heavy atom. The van der Waals surface area contributed by atoms with Crippen LogP contribution in [0, 0.1) is 5.92 Å². The van der Waals surface area contributed by atoms with Gasteiger partial charge < -0.3 is 4.74 Å². The summed E-state index contributed by atoms with van der Waals surface area (Å²) < 4.78 is 7.94. The summed E-state index contributed by atoms with van der Waals surface area (Å²) in [4.78, 5) is 0. The van der Waals surface area contributed by atoms with Crippen molar-refractivity contribution in [3.8, 4) is 5.75 Å². The molecule has 1 fully saturated rings. The number of nitrogens with zero attached hydrogens (tertiary/aromatic N) is 1. The van der Waals surface area contributed by atoms with Gasteiger partial charge in [0.2, 0.25) is 5.69 Å². The van der Waals surface area contributed by atoms with Crippen molar-refractivity contribution in [1.82, 2.24) is 0 Å². The molecule has 5 rings (SSSR count). The zero-order chi connectivity index (χ0) is 20.1. The van der Waals surface area contributed by atoms with Gasteiger partial charge in [-0.1, -0.05) is 49.6 Å². The summed E-state index contributed by atoms with van der Waals surface area (Å²) in [7, 11) is 1.73. The average molecular weight is 387 g/mol. The third-order valence-corrected chi connectivity index (χ3v) is 7.63. The van der Waals surface area contributed by atoms with Crippen molar-refractivity contribution in [3.63, 3.8) is 0 Å². The molecule has 0 radical (unpaired) electrons. The summed E-state index contributed by atoms with van der Waals surface area (Å²) in [6.45, 7) is 4.80. The maximum absolute atomic E-state index is 5.40. The number of benzene rings is 2. The van der Waals surface area contributed by atoms with Crippen molar-refractivity contribution in [3.05, 3.63) is 71.3 Å². The number of fused-ring (bicyclic) bond motifs is 3. The van der Waals surface area contributed by atoms with E-state index in [0.717, 1.165) is 12.2 Å². The second-order valence-electron chi connectivity index (χ2n) is 9.44. The second kappa shape index (κ2) is 6.86. The molecule has 150 valence electrons. The third kappa shape index (κ3) is 2.72. The molecule has 0 bridgehead atoms. The number of hydrogen-bond donors (Lipinski definition) is 0. The molecule has 2 aromatic rings. The number of methoxy groups -OCH3 is 1. The van der Waals surface area contributed by atoms with E-state index in [-0.39, 0.29) is 11.0 Å². The van der Waals surface area contributed by atoms with Crippen LogP contribution in [0.15, 0.2) is 60.2 Å². The van der Waals surface area contributed by atoms with Crippen LogP contribution in [-0.2, 0) is 11.8 Å². The highest BCUT2D eigenvalue weighted by Gasteiger charge is 2.60. The highest BCUT2D eigenvalue weighted by atomic mass is 16.5. The largest absolute Gasteiger partial charge is 0.497 e. The maximum Gasteiger partial charge on any atom is 0.205 e. The first-order chi connectivity index (χ1) is 14.1. The second-order valence-corrected chi connectivity index (χ2v) is 9.44. The standard InChI is InChI=1S/C27H32NO/c1-26(2)25-18-13-20-9-7-8-12-24(20)27(25,21-10-5-4-6-11-21)19-28(26)22-14-16-23(29-3)17-15-22/h7-9,12,14-19,21H,4-6,10-11,13H2,1-3H3/q+1/t27-/m1/s1. The first-order valence-electron chi connectivity index (χ1n) is 11.2. The fourth-order valence-electron chi connectivity index (χ4n) is 6.26. The fourth-order valence-corrected chi connectivity index (χ4v) is 6.26. The quantitative estimate of drug-likeness (QED) is 0.452. The lowest BCUT2D eigenvalue weighted by atomic mass is 9.57. The van der Waals surface area contributed by atoms with E-state index in [1.165, 1.54) is 43.4 Å². The minimum absolute atomic E-state index is 0.0265.